The van der Waals surface area contributed by atoms with Crippen LogP contribution in [0.5, 0.6) is 0 Å². The number of ether oxygens (including phenoxy) is 1. The Morgan fingerprint density at radius 2 is 2.00 bits per heavy atom. The molecule has 118 valence electrons. The molecule has 1 aromatic rings. The van der Waals surface area contributed by atoms with Gasteiger partial charge >= 0.3 is 6.18 Å². The molecule has 2 rings (SSSR count). The van der Waals surface area contributed by atoms with Gasteiger partial charge in [0.05, 0.1) is 5.56 Å². The number of aromatic nitrogens is 1. The number of pyridine rings is 1. The Hall–Kier alpha value is -1.50. The van der Waals surface area contributed by atoms with Crippen molar-refractivity contribution in [2.45, 2.75) is 32.0 Å². The van der Waals surface area contributed by atoms with Gasteiger partial charge in [-0.2, -0.15) is 13.2 Å². The van der Waals surface area contributed by atoms with Gasteiger partial charge in [-0.05, 0) is 31.9 Å². The quantitative estimate of drug-likeness (QED) is 0.927. The lowest BCUT2D eigenvalue weighted by atomic mass is 10.1. The third kappa shape index (κ3) is 4.00. The second-order valence-electron chi connectivity index (χ2n) is 5.08. The Labute approximate surface area is 122 Å². The van der Waals surface area contributed by atoms with Crippen LogP contribution in [0.1, 0.15) is 25.3 Å². The van der Waals surface area contributed by atoms with Gasteiger partial charge in [0, 0.05) is 32.8 Å². The van der Waals surface area contributed by atoms with E-state index in [0.29, 0.717) is 25.6 Å². The molecule has 0 spiro atoms. The molecule has 1 saturated heterocycles. The molecule has 1 aromatic heterocycles. The zero-order chi connectivity index (χ0) is 15.5. The number of hydrogen-bond donors (Lipinski definition) is 1. The van der Waals surface area contributed by atoms with Gasteiger partial charge in [0.2, 0.25) is 0 Å². The minimum Gasteiger partial charge on any atom is -0.381 e. The zero-order valence-electron chi connectivity index (χ0n) is 12.2. The second-order valence-corrected chi connectivity index (χ2v) is 5.08. The first kappa shape index (κ1) is 15.9. The summed E-state index contributed by atoms with van der Waals surface area (Å²) in [5.74, 6) is 0.592. The molecule has 0 bridgehead atoms. The maximum Gasteiger partial charge on any atom is 0.416 e. The molecule has 4 nitrogen and oxygen atoms in total. The monoisotopic (exact) mass is 303 g/mol. The highest BCUT2D eigenvalue weighted by Gasteiger charge is 2.32. The van der Waals surface area contributed by atoms with E-state index in [1.54, 1.807) is 7.05 Å². The highest BCUT2D eigenvalue weighted by Crippen LogP contribution is 2.33. The van der Waals surface area contributed by atoms with E-state index in [4.69, 9.17) is 4.74 Å². The maximum absolute atomic E-state index is 13.0. The van der Waals surface area contributed by atoms with E-state index in [0.717, 1.165) is 25.0 Å². The largest absolute Gasteiger partial charge is 0.416 e. The van der Waals surface area contributed by atoms with E-state index in [1.807, 2.05) is 11.8 Å². The molecule has 7 heteroatoms. The molecule has 0 amide bonds. The van der Waals surface area contributed by atoms with Gasteiger partial charge in [0.1, 0.15) is 11.6 Å². The van der Waals surface area contributed by atoms with Gasteiger partial charge in [-0.3, -0.25) is 0 Å². The summed E-state index contributed by atoms with van der Waals surface area (Å²) in [5, 5.41) is 2.86. The Bertz CT molecular complexity index is 473. The standard InChI is InChI=1S/C14H20F3N3O/c1-3-18-12-8-10(14(15,16)17)9-13(19-12)20(2)11-4-6-21-7-5-11/h8-9,11H,3-7H2,1-2H3,(H,18,19). The SMILES string of the molecule is CCNc1cc(C(F)(F)F)cc(N(C)C2CCOCC2)n1. The fraction of sp³-hybridized carbons (Fsp3) is 0.643. The van der Waals surface area contributed by atoms with Crippen molar-refractivity contribution in [1.82, 2.24) is 4.98 Å². The summed E-state index contributed by atoms with van der Waals surface area (Å²) in [7, 11) is 1.79. The van der Waals surface area contributed by atoms with Crippen LogP contribution in [0.4, 0.5) is 24.8 Å². The summed E-state index contributed by atoms with van der Waals surface area (Å²) in [6, 6.07) is 2.31. The van der Waals surface area contributed by atoms with Gasteiger partial charge in [0.25, 0.3) is 0 Å². The van der Waals surface area contributed by atoms with Crippen molar-refractivity contribution in [2.24, 2.45) is 0 Å². The van der Waals surface area contributed by atoms with Crippen molar-refractivity contribution in [3.05, 3.63) is 17.7 Å². The zero-order valence-corrected chi connectivity index (χ0v) is 12.2. The van der Waals surface area contributed by atoms with Crippen molar-refractivity contribution >= 4 is 11.6 Å². The summed E-state index contributed by atoms with van der Waals surface area (Å²) in [5.41, 5.74) is -0.678. The maximum atomic E-state index is 13.0. The fourth-order valence-corrected chi connectivity index (χ4v) is 2.39. The van der Waals surface area contributed by atoms with Crippen LogP contribution >= 0.6 is 0 Å². The Morgan fingerprint density at radius 3 is 2.57 bits per heavy atom. The molecular formula is C14H20F3N3O. The molecule has 1 N–H and O–H groups in total. The Balaban J connectivity index is 2.30. The molecule has 1 fully saturated rings. The normalized spacial score (nSPS) is 16.8. The molecule has 1 aliphatic rings. The predicted molar refractivity (Wildman–Crippen MR) is 75.6 cm³/mol. The number of halogens is 3. The van der Waals surface area contributed by atoms with Crippen LogP contribution in [0.2, 0.25) is 0 Å². The molecule has 2 heterocycles. The van der Waals surface area contributed by atoms with E-state index >= 15 is 0 Å². The molecular weight excluding hydrogens is 283 g/mol. The Kier molecular flexibility index (Phi) is 4.92. The van der Waals surface area contributed by atoms with Gasteiger partial charge in [-0.1, -0.05) is 0 Å². The van der Waals surface area contributed by atoms with Crippen molar-refractivity contribution < 1.29 is 17.9 Å². The third-order valence-corrected chi connectivity index (χ3v) is 3.60. The predicted octanol–water partition coefficient (Wildman–Crippen LogP) is 3.15. The molecule has 1 aliphatic heterocycles. The van der Waals surface area contributed by atoms with Crippen LogP contribution < -0.4 is 10.2 Å². The van der Waals surface area contributed by atoms with Crippen molar-refractivity contribution in [2.75, 3.05) is 37.0 Å². The first-order valence-corrected chi connectivity index (χ1v) is 7.05. The smallest absolute Gasteiger partial charge is 0.381 e. The summed E-state index contributed by atoms with van der Waals surface area (Å²) in [4.78, 5) is 6.10. The van der Waals surface area contributed by atoms with E-state index in [9.17, 15) is 13.2 Å². The lowest BCUT2D eigenvalue weighted by molar-refractivity contribution is -0.137. The minimum atomic E-state index is -4.38. The van der Waals surface area contributed by atoms with Gasteiger partial charge in [0.15, 0.2) is 0 Å². The summed E-state index contributed by atoms with van der Waals surface area (Å²) >= 11 is 0. The van der Waals surface area contributed by atoms with E-state index in [-0.39, 0.29) is 11.9 Å². The van der Waals surface area contributed by atoms with E-state index in [1.165, 1.54) is 0 Å². The lowest BCUT2D eigenvalue weighted by Gasteiger charge is -2.32. The summed E-state index contributed by atoms with van der Waals surface area (Å²) < 4.78 is 44.3. The summed E-state index contributed by atoms with van der Waals surface area (Å²) in [6.07, 6.45) is -2.78. The highest BCUT2D eigenvalue weighted by atomic mass is 19.4. The van der Waals surface area contributed by atoms with Crippen molar-refractivity contribution in [1.29, 1.82) is 0 Å². The summed E-state index contributed by atoms with van der Waals surface area (Å²) in [6.45, 7) is 3.61. The Morgan fingerprint density at radius 1 is 1.33 bits per heavy atom. The van der Waals surface area contributed by atoms with Gasteiger partial charge < -0.3 is 15.0 Å². The molecule has 0 saturated carbocycles. The lowest BCUT2D eigenvalue weighted by Crippen LogP contribution is -2.37. The molecule has 0 aromatic carbocycles. The highest BCUT2D eigenvalue weighted by molar-refractivity contribution is 5.51. The van der Waals surface area contributed by atoms with Gasteiger partial charge in [-0.15, -0.1) is 0 Å². The number of anilines is 2. The van der Waals surface area contributed by atoms with Gasteiger partial charge in [-0.25, -0.2) is 4.98 Å². The van der Waals surface area contributed by atoms with Crippen LogP contribution in [-0.4, -0.2) is 37.8 Å². The average molecular weight is 303 g/mol. The second kappa shape index (κ2) is 6.51. The molecule has 0 radical (unpaired) electrons. The number of hydrogen-bond acceptors (Lipinski definition) is 4. The van der Waals surface area contributed by atoms with Crippen LogP contribution in [0.15, 0.2) is 12.1 Å². The van der Waals surface area contributed by atoms with Crippen LogP contribution in [0.25, 0.3) is 0 Å². The third-order valence-electron chi connectivity index (χ3n) is 3.60. The molecule has 0 aliphatic carbocycles. The van der Waals surface area contributed by atoms with Crippen LogP contribution in [0, 0.1) is 0 Å². The van der Waals surface area contributed by atoms with Crippen LogP contribution in [0.3, 0.4) is 0 Å². The van der Waals surface area contributed by atoms with E-state index in [2.05, 4.69) is 10.3 Å². The van der Waals surface area contributed by atoms with Crippen LogP contribution in [-0.2, 0) is 10.9 Å². The molecule has 0 atom stereocenters. The minimum absolute atomic E-state index is 0.157. The fourth-order valence-electron chi connectivity index (χ4n) is 2.39. The number of rotatable bonds is 4. The molecule has 21 heavy (non-hydrogen) atoms. The van der Waals surface area contributed by atoms with E-state index < -0.39 is 11.7 Å². The molecule has 0 unspecified atom stereocenters. The first-order chi connectivity index (χ1) is 9.91. The first-order valence-electron chi connectivity index (χ1n) is 7.05. The topological polar surface area (TPSA) is 37.4 Å². The average Bonchev–Trinajstić information content (AvgIpc) is 2.46. The van der Waals surface area contributed by atoms with Crippen molar-refractivity contribution in [3.63, 3.8) is 0 Å². The number of nitrogens with one attached hydrogen (secondary N) is 1. The van der Waals surface area contributed by atoms with Crippen molar-refractivity contribution in [3.8, 4) is 0 Å². The number of nitrogens with zero attached hydrogens (tertiary/aromatic N) is 2. The number of alkyl halides is 3.